The fourth-order valence-electron chi connectivity index (χ4n) is 5.44. The van der Waals surface area contributed by atoms with E-state index in [1.807, 2.05) is 81.4 Å². The third kappa shape index (κ3) is 7.87. The molecule has 0 aromatic heterocycles. The third-order valence-corrected chi connectivity index (χ3v) is 7.82. The fourth-order valence-corrected chi connectivity index (χ4v) is 5.44. The van der Waals surface area contributed by atoms with Crippen LogP contribution in [0.1, 0.15) is 59.9 Å². The summed E-state index contributed by atoms with van der Waals surface area (Å²) in [6.07, 6.45) is 5.80. The van der Waals surface area contributed by atoms with Gasteiger partial charge < -0.3 is 19.7 Å². The average molecular weight is 543 g/mol. The van der Waals surface area contributed by atoms with E-state index in [1.165, 1.54) is 6.42 Å². The van der Waals surface area contributed by atoms with Gasteiger partial charge in [-0.15, -0.1) is 0 Å². The predicted octanol–water partition coefficient (Wildman–Crippen LogP) is 6.09. The van der Waals surface area contributed by atoms with Crippen LogP contribution in [-0.4, -0.2) is 42.5 Å². The maximum absolute atomic E-state index is 14.0. The molecule has 1 atom stereocenters. The highest BCUT2D eigenvalue weighted by molar-refractivity contribution is 5.88. The van der Waals surface area contributed by atoms with Crippen molar-refractivity contribution < 1.29 is 19.1 Å². The first kappa shape index (κ1) is 29.2. The molecule has 6 nitrogen and oxygen atoms in total. The number of benzene rings is 3. The lowest BCUT2D eigenvalue weighted by molar-refractivity contribution is -0.143. The van der Waals surface area contributed by atoms with Crippen LogP contribution in [0.5, 0.6) is 11.5 Å². The Balaban J connectivity index is 1.64. The average Bonchev–Trinajstić information content (AvgIpc) is 2.97. The number of hydrogen-bond acceptors (Lipinski definition) is 4. The molecule has 1 N–H and O–H groups in total. The number of methoxy groups -OCH3 is 1. The van der Waals surface area contributed by atoms with Gasteiger partial charge >= 0.3 is 0 Å². The van der Waals surface area contributed by atoms with Gasteiger partial charge in [-0.25, -0.2) is 0 Å². The van der Waals surface area contributed by atoms with E-state index in [4.69, 9.17) is 9.47 Å². The van der Waals surface area contributed by atoms with E-state index in [2.05, 4.69) is 11.4 Å². The smallest absolute Gasteiger partial charge is 0.261 e. The van der Waals surface area contributed by atoms with Crippen LogP contribution < -0.4 is 14.8 Å². The van der Waals surface area contributed by atoms with Crippen molar-refractivity contribution in [1.29, 1.82) is 0 Å². The Hall–Kier alpha value is -3.80. The molecule has 0 radical (unpaired) electrons. The lowest BCUT2D eigenvalue weighted by Gasteiger charge is -2.33. The van der Waals surface area contributed by atoms with Crippen LogP contribution in [0.25, 0.3) is 0 Å². The third-order valence-electron chi connectivity index (χ3n) is 7.82. The summed E-state index contributed by atoms with van der Waals surface area (Å²) in [5.74, 6) is 1.05. The summed E-state index contributed by atoms with van der Waals surface area (Å²) in [7, 11) is 1.62. The molecule has 3 aromatic carbocycles. The highest BCUT2D eigenvalue weighted by Gasteiger charge is 2.32. The van der Waals surface area contributed by atoms with E-state index in [0.717, 1.165) is 53.5 Å². The van der Waals surface area contributed by atoms with E-state index >= 15 is 0 Å². The number of nitrogens with one attached hydrogen (secondary N) is 1. The first-order chi connectivity index (χ1) is 19.3. The molecule has 4 rings (SSSR count). The second kappa shape index (κ2) is 14.0. The summed E-state index contributed by atoms with van der Waals surface area (Å²) in [6.45, 7) is 6.16. The maximum Gasteiger partial charge on any atom is 0.261 e. The normalized spacial score (nSPS) is 14.3. The molecule has 1 aliphatic carbocycles. The van der Waals surface area contributed by atoms with Crippen LogP contribution in [0.2, 0.25) is 0 Å². The zero-order chi connectivity index (χ0) is 28.5. The maximum atomic E-state index is 14.0. The second-order valence-electron chi connectivity index (χ2n) is 10.9. The van der Waals surface area contributed by atoms with Crippen molar-refractivity contribution in [3.8, 4) is 11.5 Å². The summed E-state index contributed by atoms with van der Waals surface area (Å²) in [6, 6.07) is 21.0. The van der Waals surface area contributed by atoms with Crippen molar-refractivity contribution in [3.05, 3.63) is 94.5 Å². The Bertz CT molecular complexity index is 1280. The van der Waals surface area contributed by atoms with E-state index in [-0.39, 0.29) is 31.0 Å². The minimum atomic E-state index is -0.688. The van der Waals surface area contributed by atoms with Crippen molar-refractivity contribution >= 4 is 11.8 Å². The second-order valence-corrected chi connectivity index (χ2v) is 10.9. The van der Waals surface area contributed by atoms with E-state index in [1.54, 1.807) is 12.0 Å². The minimum absolute atomic E-state index is 0.116. The number of nitrogens with zero attached hydrogens (tertiary/aromatic N) is 1. The molecule has 0 aliphatic heterocycles. The zero-order valence-corrected chi connectivity index (χ0v) is 24.2. The molecular formula is C34H42N2O4. The van der Waals surface area contributed by atoms with Crippen LogP contribution in [0, 0.1) is 20.8 Å². The Labute approximate surface area is 238 Å². The summed E-state index contributed by atoms with van der Waals surface area (Å²) < 4.78 is 11.5. The van der Waals surface area contributed by atoms with E-state index in [0.29, 0.717) is 17.9 Å². The lowest BCUT2D eigenvalue weighted by atomic mass is 9.94. The molecule has 0 spiro atoms. The van der Waals surface area contributed by atoms with Gasteiger partial charge in [0.1, 0.15) is 17.5 Å². The molecule has 0 unspecified atom stereocenters. The van der Waals surface area contributed by atoms with Crippen molar-refractivity contribution in [2.45, 2.75) is 77.9 Å². The molecule has 1 aliphatic rings. The predicted molar refractivity (Wildman–Crippen MR) is 159 cm³/mol. The van der Waals surface area contributed by atoms with E-state index < -0.39 is 6.04 Å². The monoisotopic (exact) mass is 542 g/mol. The van der Waals surface area contributed by atoms with Gasteiger partial charge in [-0.05, 0) is 79.6 Å². The summed E-state index contributed by atoms with van der Waals surface area (Å²) >= 11 is 0. The molecule has 0 saturated heterocycles. The number of carbonyl (C=O) groups is 2. The number of ether oxygens (including phenoxy) is 2. The van der Waals surface area contributed by atoms with Crippen molar-refractivity contribution in [2.24, 2.45) is 0 Å². The van der Waals surface area contributed by atoms with Gasteiger partial charge in [0, 0.05) is 19.0 Å². The first-order valence-electron chi connectivity index (χ1n) is 14.3. The number of hydrogen-bond donors (Lipinski definition) is 1. The first-order valence-corrected chi connectivity index (χ1v) is 14.3. The molecular weight excluding hydrogens is 500 g/mol. The highest BCUT2D eigenvalue weighted by atomic mass is 16.5. The largest absolute Gasteiger partial charge is 0.497 e. The molecule has 0 bridgehead atoms. The van der Waals surface area contributed by atoms with Gasteiger partial charge in [-0.2, -0.15) is 0 Å². The SMILES string of the molecule is COc1cccc(CN(C(=O)COc2cc(C)cc(C)c2C)[C@H](Cc2ccccc2)C(=O)NC2CCCCC2)c1. The van der Waals surface area contributed by atoms with Gasteiger partial charge in [0.25, 0.3) is 5.91 Å². The van der Waals surface area contributed by atoms with Crippen LogP contribution >= 0.6 is 0 Å². The van der Waals surface area contributed by atoms with Gasteiger partial charge in [0.15, 0.2) is 6.61 Å². The van der Waals surface area contributed by atoms with Crippen molar-refractivity contribution in [1.82, 2.24) is 10.2 Å². The molecule has 2 amide bonds. The number of rotatable bonds is 11. The van der Waals surface area contributed by atoms with Crippen LogP contribution in [-0.2, 0) is 22.6 Å². The topological polar surface area (TPSA) is 67.9 Å². The number of aryl methyl sites for hydroxylation is 2. The summed E-state index contributed by atoms with van der Waals surface area (Å²) in [5.41, 5.74) is 5.09. The Morgan fingerprint density at radius 3 is 2.38 bits per heavy atom. The molecule has 3 aromatic rings. The number of amides is 2. The van der Waals surface area contributed by atoms with Crippen LogP contribution in [0.3, 0.4) is 0 Å². The van der Waals surface area contributed by atoms with Crippen molar-refractivity contribution in [3.63, 3.8) is 0 Å². The van der Waals surface area contributed by atoms with Gasteiger partial charge in [-0.1, -0.05) is 67.8 Å². The quantitative estimate of drug-likeness (QED) is 0.319. The van der Waals surface area contributed by atoms with Gasteiger partial charge in [0.05, 0.1) is 7.11 Å². The molecule has 6 heteroatoms. The van der Waals surface area contributed by atoms with Gasteiger partial charge in [0.2, 0.25) is 5.91 Å². The van der Waals surface area contributed by atoms with Crippen LogP contribution in [0.4, 0.5) is 0 Å². The van der Waals surface area contributed by atoms with Crippen LogP contribution in [0.15, 0.2) is 66.7 Å². The molecule has 0 heterocycles. The lowest BCUT2D eigenvalue weighted by Crippen LogP contribution is -2.53. The highest BCUT2D eigenvalue weighted by Crippen LogP contribution is 2.25. The fraction of sp³-hybridized carbons (Fsp3) is 0.412. The summed E-state index contributed by atoms with van der Waals surface area (Å²) in [4.78, 5) is 29.6. The van der Waals surface area contributed by atoms with Gasteiger partial charge in [-0.3, -0.25) is 9.59 Å². The van der Waals surface area contributed by atoms with E-state index in [9.17, 15) is 9.59 Å². The number of carbonyl (C=O) groups excluding carboxylic acids is 2. The summed E-state index contributed by atoms with van der Waals surface area (Å²) in [5, 5.41) is 3.28. The molecule has 1 saturated carbocycles. The van der Waals surface area contributed by atoms with Crippen molar-refractivity contribution in [2.75, 3.05) is 13.7 Å². The zero-order valence-electron chi connectivity index (χ0n) is 24.2. The molecule has 212 valence electrons. The standard InChI is InChI=1S/C34H42N2O4/c1-24-18-25(2)26(3)32(19-24)40-23-33(37)36(22-28-14-11-17-30(20-28)39-4)31(21-27-12-7-5-8-13-27)34(38)35-29-15-9-6-10-16-29/h5,7-8,11-14,17-20,29,31H,6,9-10,15-16,21-23H2,1-4H3,(H,35,38)/t31-/m1/s1. The minimum Gasteiger partial charge on any atom is -0.497 e. The molecule has 1 fully saturated rings. The molecule has 40 heavy (non-hydrogen) atoms. The Morgan fingerprint density at radius 2 is 1.65 bits per heavy atom. The Kier molecular flexibility index (Phi) is 10.2. The Morgan fingerprint density at radius 1 is 0.925 bits per heavy atom.